The molecule has 208 valence electrons. The number of oxazole rings is 1. The fourth-order valence-corrected chi connectivity index (χ4v) is 6.10. The van der Waals surface area contributed by atoms with E-state index in [4.69, 9.17) is 24.6 Å². The number of ether oxygens (including phenoxy) is 2. The molecule has 0 bridgehead atoms. The van der Waals surface area contributed by atoms with Crippen LogP contribution in [0.3, 0.4) is 0 Å². The van der Waals surface area contributed by atoms with Gasteiger partial charge in [0.05, 0.1) is 18.8 Å². The SMILES string of the molecule is C[C@H]1[C@@H](CSc2nc(-c3ccccc3)c(-c3ccccc3)o2)O[C@@H](c2cccc(N)c2)O[C@H]1c1ccc(CO)cc1. The summed E-state index contributed by atoms with van der Waals surface area (Å²) in [6.45, 7) is 2.15. The number of aromatic nitrogens is 1. The molecule has 0 spiro atoms. The fourth-order valence-electron chi connectivity index (χ4n) is 5.11. The van der Waals surface area contributed by atoms with Crippen molar-refractivity contribution in [2.24, 2.45) is 5.92 Å². The van der Waals surface area contributed by atoms with Gasteiger partial charge in [-0.15, -0.1) is 0 Å². The van der Waals surface area contributed by atoms with Gasteiger partial charge in [-0.25, -0.2) is 4.98 Å². The minimum absolute atomic E-state index is 0.00172. The summed E-state index contributed by atoms with van der Waals surface area (Å²) in [7, 11) is 0. The highest BCUT2D eigenvalue weighted by molar-refractivity contribution is 7.99. The maximum absolute atomic E-state index is 9.51. The van der Waals surface area contributed by atoms with Crippen LogP contribution in [0.4, 0.5) is 5.69 Å². The van der Waals surface area contributed by atoms with Gasteiger partial charge in [-0.1, -0.05) is 116 Å². The zero-order valence-corrected chi connectivity index (χ0v) is 23.5. The number of thioether (sulfide) groups is 1. The van der Waals surface area contributed by atoms with Crippen LogP contribution in [-0.4, -0.2) is 21.9 Å². The average molecular weight is 565 g/mol. The third kappa shape index (κ3) is 6.09. The summed E-state index contributed by atoms with van der Waals surface area (Å²) in [4.78, 5) is 4.92. The van der Waals surface area contributed by atoms with Crippen molar-refractivity contribution >= 4 is 17.4 Å². The van der Waals surface area contributed by atoms with Crippen molar-refractivity contribution in [1.29, 1.82) is 0 Å². The largest absolute Gasteiger partial charge is 0.431 e. The highest BCUT2D eigenvalue weighted by Gasteiger charge is 2.38. The number of hydrogen-bond donors (Lipinski definition) is 2. The fraction of sp³-hybridized carbons (Fsp3) is 0.206. The summed E-state index contributed by atoms with van der Waals surface area (Å²) in [6.07, 6.45) is -0.945. The van der Waals surface area contributed by atoms with Crippen molar-refractivity contribution in [3.8, 4) is 22.6 Å². The van der Waals surface area contributed by atoms with Gasteiger partial charge in [0, 0.05) is 34.0 Å². The van der Waals surface area contributed by atoms with Crippen LogP contribution in [0.5, 0.6) is 0 Å². The summed E-state index contributed by atoms with van der Waals surface area (Å²) < 4.78 is 19.5. The van der Waals surface area contributed by atoms with Gasteiger partial charge in [-0.2, -0.15) is 0 Å². The lowest BCUT2D eigenvalue weighted by Crippen LogP contribution is -2.38. The Labute approximate surface area is 244 Å². The zero-order valence-electron chi connectivity index (χ0n) is 22.7. The van der Waals surface area contributed by atoms with E-state index in [1.807, 2.05) is 109 Å². The van der Waals surface area contributed by atoms with Gasteiger partial charge in [-0.05, 0) is 23.3 Å². The van der Waals surface area contributed by atoms with Crippen molar-refractivity contribution in [3.05, 3.63) is 126 Å². The van der Waals surface area contributed by atoms with Crippen LogP contribution in [0.15, 0.2) is 119 Å². The van der Waals surface area contributed by atoms with E-state index >= 15 is 0 Å². The van der Waals surface area contributed by atoms with Crippen LogP contribution in [0.2, 0.25) is 0 Å². The highest BCUT2D eigenvalue weighted by Crippen LogP contribution is 2.44. The third-order valence-electron chi connectivity index (χ3n) is 7.37. The molecule has 0 radical (unpaired) electrons. The lowest BCUT2D eigenvalue weighted by Gasteiger charge is -2.41. The highest BCUT2D eigenvalue weighted by atomic mass is 32.2. The van der Waals surface area contributed by atoms with Gasteiger partial charge in [-0.3, -0.25) is 0 Å². The molecule has 4 aromatic carbocycles. The molecule has 0 amide bonds. The summed E-state index contributed by atoms with van der Waals surface area (Å²) in [5.41, 5.74) is 12.3. The number of nitrogens with zero attached hydrogens (tertiary/aromatic N) is 1. The number of nitrogens with two attached hydrogens (primary N) is 1. The summed E-state index contributed by atoms with van der Waals surface area (Å²) in [5.74, 6) is 1.41. The molecule has 1 aliphatic heterocycles. The molecule has 0 saturated carbocycles. The van der Waals surface area contributed by atoms with Gasteiger partial charge in [0.2, 0.25) is 0 Å². The van der Waals surface area contributed by atoms with Crippen molar-refractivity contribution in [2.75, 3.05) is 11.5 Å². The molecular formula is C34H32N2O4S. The van der Waals surface area contributed by atoms with Gasteiger partial charge >= 0.3 is 0 Å². The molecule has 7 heteroatoms. The predicted molar refractivity (Wildman–Crippen MR) is 162 cm³/mol. The summed E-state index contributed by atoms with van der Waals surface area (Å²) in [5, 5.41) is 10.1. The third-order valence-corrected chi connectivity index (χ3v) is 8.28. The normalized spacial score (nSPS) is 20.6. The van der Waals surface area contributed by atoms with Gasteiger partial charge in [0.15, 0.2) is 12.1 Å². The van der Waals surface area contributed by atoms with Crippen molar-refractivity contribution in [1.82, 2.24) is 4.98 Å². The van der Waals surface area contributed by atoms with Crippen LogP contribution in [-0.2, 0) is 16.1 Å². The van der Waals surface area contributed by atoms with E-state index in [0.29, 0.717) is 16.7 Å². The molecule has 1 aromatic heterocycles. The number of aliphatic hydroxyl groups is 1. The Morgan fingerprint density at radius 2 is 1.51 bits per heavy atom. The summed E-state index contributed by atoms with van der Waals surface area (Å²) >= 11 is 1.54. The Morgan fingerprint density at radius 1 is 0.805 bits per heavy atom. The first kappa shape index (κ1) is 27.3. The number of aliphatic hydroxyl groups excluding tert-OH is 1. The minimum Gasteiger partial charge on any atom is -0.431 e. The van der Waals surface area contributed by atoms with Crippen LogP contribution < -0.4 is 5.73 Å². The van der Waals surface area contributed by atoms with Gasteiger partial charge in [0.25, 0.3) is 5.22 Å². The Morgan fingerprint density at radius 3 is 2.20 bits per heavy atom. The Kier molecular flexibility index (Phi) is 8.21. The van der Waals surface area contributed by atoms with Crippen LogP contribution in [0.25, 0.3) is 22.6 Å². The van der Waals surface area contributed by atoms with Crippen LogP contribution in [0, 0.1) is 5.92 Å². The predicted octanol–water partition coefficient (Wildman–Crippen LogP) is 7.67. The first-order valence-corrected chi connectivity index (χ1v) is 14.7. The van der Waals surface area contributed by atoms with Crippen LogP contribution in [0.1, 0.15) is 36.0 Å². The first-order valence-electron chi connectivity index (χ1n) is 13.7. The minimum atomic E-state index is -0.577. The second-order valence-corrected chi connectivity index (χ2v) is 11.2. The maximum Gasteiger partial charge on any atom is 0.256 e. The average Bonchev–Trinajstić information content (AvgIpc) is 3.46. The van der Waals surface area contributed by atoms with Crippen molar-refractivity contribution in [2.45, 2.75) is 37.3 Å². The van der Waals surface area contributed by atoms with Crippen LogP contribution >= 0.6 is 11.8 Å². The molecule has 0 unspecified atom stereocenters. The van der Waals surface area contributed by atoms with E-state index in [2.05, 4.69) is 6.92 Å². The topological polar surface area (TPSA) is 90.7 Å². The van der Waals surface area contributed by atoms with E-state index in [1.165, 1.54) is 0 Å². The van der Waals surface area contributed by atoms with Gasteiger partial charge in [0.1, 0.15) is 5.69 Å². The summed E-state index contributed by atoms with van der Waals surface area (Å²) in [6, 6.07) is 35.7. The van der Waals surface area contributed by atoms with E-state index in [0.717, 1.165) is 39.3 Å². The van der Waals surface area contributed by atoms with E-state index in [1.54, 1.807) is 11.8 Å². The number of rotatable bonds is 8. The smallest absolute Gasteiger partial charge is 0.256 e. The molecule has 2 heterocycles. The number of hydrogen-bond acceptors (Lipinski definition) is 7. The molecule has 1 aliphatic rings. The second-order valence-electron chi connectivity index (χ2n) is 10.2. The Bertz CT molecular complexity index is 1520. The molecule has 5 aromatic rings. The van der Waals surface area contributed by atoms with E-state index < -0.39 is 6.29 Å². The molecular weight excluding hydrogens is 532 g/mol. The molecule has 1 saturated heterocycles. The Balaban J connectivity index is 1.28. The lowest BCUT2D eigenvalue weighted by molar-refractivity contribution is -0.268. The molecule has 4 atom stereocenters. The molecule has 3 N–H and O–H groups in total. The van der Waals surface area contributed by atoms with Crippen molar-refractivity contribution < 1.29 is 19.0 Å². The number of anilines is 1. The quantitative estimate of drug-likeness (QED) is 0.148. The number of benzene rings is 4. The monoisotopic (exact) mass is 564 g/mol. The Hall–Kier alpha value is -3.88. The standard InChI is InChI=1S/C34H32N2O4S/c1-22-29(21-41-34-36-30(24-9-4-2-5-10-24)32(40-34)25-11-6-3-7-12-25)38-33(27-13-8-14-28(35)19-27)39-31(22)26-17-15-23(20-37)16-18-26/h2-19,22,29,31,33,37H,20-21,35H2,1H3/t22-,29+,31+,33+/m0/s1. The molecule has 41 heavy (non-hydrogen) atoms. The zero-order chi connectivity index (χ0) is 28.2. The molecule has 0 aliphatic carbocycles. The van der Waals surface area contributed by atoms with Crippen molar-refractivity contribution in [3.63, 3.8) is 0 Å². The van der Waals surface area contributed by atoms with E-state index in [9.17, 15) is 5.11 Å². The molecule has 6 nitrogen and oxygen atoms in total. The van der Waals surface area contributed by atoms with E-state index in [-0.39, 0.29) is 24.7 Å². The number of nitrogen functional groups attached to an aromatic ring is 1. The molecule has 1 fully saturated rings. The maximum atomic E-state index is 9.51. The van der Waals surface area contributed by atoms with Gasteiger partial charge < -0.3 is 24.7 Å². The first-order chi connectivity index (χ1) is 20.1. The second kappa shape index (κ2) is 12.3. The lowest BCUT2D eigenvalue weighted by atomic mass is 9.91. The molecule has 6 rings (SSSR count).